The van der Waals surface area contributed by atoms with Crippen molar-refractivity contribution in [1.82, 2.24) is 4.98 Å². The molecular weight excluding hydrogens is 518 g/mol. The zero-order chi connectivity index (χ0) is 32.2. The van der Waals surface area contributed by atoms with Crippen LogP contribution in [-0.4, -0.2) is 4.98 Å². The summed E-state index contributed by atoms with van der Waals surface area (Å²) in [5.74, 6) is 1.20. The van der Waals surface area contributed by atoms with Gasteiger partial charge in [-0.25, -0.2) is 0 Å². The van der Waals surface area contributed by atoms with Gasteiger partial charge in [0.1, 0.15) is 0 Å². The molecule has 0 unspecified atom stereocenters. The molecule has 0 amide bonds. The van der Waals surface area contributed by atoms with Crippen LogP contribution in [-0.2, 0) is 0 Å². The lowest BCUT2D eigenvalue weighted by molar-refractivity contribution is 0.840. The minimum atomic E-state index is 0.597. The van der Waals surface area contributed by atoms with Gasteiger partial charge in [-0.2, -0.15) is 0 Å². The maximum atomic E-state index is 4.11. The summed E-state index contributed by atoms with van der Waals surface area (Å²) in [7, 11) is 0. The van der Waals surface area contributed by atoms with Gasteiger partial charge >= 0.3 is 0 Å². The molecule has 1 heteroatoms. The third-order valence-corrected chi connectivity index (χ3v) is 7.21. The van der Waals surface area contributed by atoms with E-state index < -0.39 is 0 Å². The highest BCUT2D eigenvalue weighted by atomic mass is 14.6. The largest absolute Gasteiger partial charge is 0.264 e. The molecule has 228 valence electrons. The number of fused-ring (bicyclic) bond motifs is 1. The number of aryl methyl sites for hydroxylation is 1. The molecule has 0 radical (unpaired) electrons. The van der Waals surface area contributed by atoms with Crippen LogP contribution in [0.3, 0.4) is 0 Å². The van der Waals surface area contributed by atoms with E-state index in [9.17, 15) is 0 Å². The fourth-order valence-electron chi connectivity index (χ4n) is 4.53. The van der Waals surface area contributed by atoms with Crippen LogP contribution in [0.2, 0.25) is 0 Å². The summed E-state index contributed by atoms with van der Waals surface area (Å²) < 4.78 is 0. The van der Waals surface area contributed by atoms with Crippen LogP contribution in [0.4, 0.5) is 0 Å². The monoisotopic (exact) mass is 573 g/mol. The molecule has 0 bridgehead atoms. The van der Waals surface area contributed by atoms with E-state index in [2.05, 4.69) is 151 Å². The molecule has 3 aromatic carbocycles. The molecule has 0 aliphatic rings. The second kappa shape index (κ2) is 20.8. The highest BCUT2D eigenvalue weighted by molar-refractivity contribution is 5.84. The van der Waals surface area contributed by atoms with Gasteiger partial charge in [0, 0.05) is 17.8 Å². The average molecular weight is 574 g/mol. The Morgan fingerprint density at radius 3 is 2.00 bits per heavy atom. The minimum Gasteiger partial charge on any atom is -0.264 e. The van der Waals surface area contributed by atoms with Crippen molar-refractivity contribution in [1.29, 1.82) is 0 Å². The lowest BCUT2D eigenvalue weighted by atomic mass is 9.94. The predicted molar refractivity (Wildman–Crippen MR) is 196 cm³/mol. The molecule has 1 aromatic heterocycles. The van der Waals surface area contributed by atoms with Gasteiger partial charge < -0.3 is 0 Å². The van der Waals surface area contributed by atoms with Crippen LogP contribution in [0.25, 0.3) is 28.5 Å². The van der Waals surface area contributed by atoms with Crippen LogP contribution < -0.4 is 10.4 Å². The van der Waals surface area contributed by atoms with Crippen LogP contribution in [0.1, 0.15) is 90.5 Å². The summed E-state index contributed by atoms with van der Waals surface area (Å²) >= 11 is 0. The molecule has 0 spiro atoms. The molecule has 43 heavy (non-hydrogen) atoms. The van der Waals surface area contributed by atoms with Crippen molar-refractivity contribution in [3.8, 4) is 0 Å². The van der Waals surface area contributed by atoms with Gasteiger partial charge in [0.2, 0.25) is 0 Å². The minimum absolute atomic E-state index is 0.597. The summed E-state index contributed by atoms with van der Waals surface area (Å²) in [5, 5.41) is 5.18. The fraction of sp³-hybridized carbons (Fsp3) is 0.310. The predicted octanol–water partition coefficient (Wildman–Crippen LogP) is 11.1. The van der Waals surface area contributed by atoms with E-state index >= 15 is 0 Å². The van der Waals surface area contributed by atoms with E-state index in [1.807, 2.05) is 52.2 Å². The van der Waals surface area contributed by atoms with Gasteiger partial charge in [0.15, 0.2) is 0 Å². The average Bonchev–Trinajstić information content (AvgIpc) is 3.02. The van der Waals surface area contributed by atoms with E-state index in [1.54, 1.807) is 0 Å². The van der Waals surface area contributed by atoms with Crippen molar-refractivity contribution in [2.24, 2.45) is 5.92 Å². The third-order valence-electron chi connectivity index (χ3n) is 7.21. The topological polar surface area (TPSA) is 12.9 Å². The molecular formula is C42H55N. The van der Waals surface area contributed by atoms with E-state index in [4.69, 9.17) is 0 Å². The molecule has 4 aromatic rings. The first-order valence-electron chi connectivity index (χ1n) is 15.8. The number of benzene rings is 3. The lowest BCUT2D eigenvalue weighted by Crippen LogP contribution is -2.26. The third kappa shape index (κ3) is 12.4. The number of hydrogen-bond donors (Lipinski definition) is 0. The van der Waals surface area contributed by atoms with Crippen molar-refractivity contribution in [2.75, 3.05) is 0 Å². The highest BCUT2D eigenvalue weighted by Crippen LogP contribution is 2.22. The molecule has 0 saturated carbocycles. The van der Waals surface area contributed by atoms with Gasteiger partial charge in [-0.3, -0.25) is 4.98 Å². The molecule has 1 heterocycles. The number of rotatable bonds is 5. The molecule has 0 N–H and O–H groups in total. The Kier molecular flexibility index (Phi) is 18.0. The van der Waals surface area contributed by atoms with E-state index in [1.165, 1.54) is 49.0 Å². The molecule has 4 rings (SSSR count). The zero-order valence-corrected chi connectivity index (χ0v) is 28.6. The first-order valence-corrected chi connectivity index (χ1v) is 15.8. The van der Waals surface area contributed by atoms with Crippen LogP contribution >= 0.6 is 0 Å². The number of aromatic nitrogens is 1. The number of nitrogens with zero attached hydrogens (tertiary/aromatic N) is 1. The quantitative estimate of drug-likeness (QED) is 0.216. The summed E-state index contributed by atoms with van der Waals surface area (Å²) in [5.41, 5.74) is 6.85. The molecule has 0 saturated heterocycles. The van der Waals surface area contributed by atoms with Crippen LogP contribution in [0, 0.1) is 19.8 Å². The zero-order valence-electron chi connectivity index (χ0n) is 28.6. The summed E-state index contributed by atoms with van der Waals surface area (Å²) in [6, 6.07) is 23.4. The smallest absolute Gasteiger partial charge is 0.0346 e. The van der Waals surface area contributed by atoms with Gasteiger partial charge in [0.05, 0.1) is 0 Å². The van der Waals surface area contributed by atoms with E-state index in [0.717, 1.165) is 0 Å². The number of allylic oxidation sites excluding steroid dienone is 5. The number of pyridine rings is 1. The molecule has 0 aliphatic carbocycles. The summed E-state index contributed by atoms with van der Waals surface area (Å²) in [4.78, 5) is 4.11. The highest BCUT2D eigenvalue weighted by Gasteiger charge is 2.04. The Labute approximate surface area is 263 Å². The first kappa shape index (κ1) is 37.1. The van der Waals surface area contributed by atoms with Gasteiger partial charge in [-0.1, -0.05) is 156 Å². The molecule has 0 aliphatic heterocycles. The fourth-order valence-corrected chi connectivity index (χ4v) is 4.53. The van der Waals surface area contributed by atoms with E-state index in [0.29, 0.717) is 11.8 Å². The standard InChI is InChI=1S/2C15H20.C10H9N.C2H6/c1-5-6-9-14-10-7-8-11-15(14)13(4)12(2)3;1-5-6-7-9-14-10-8-11-15(12(2)3)13(14)4;1-8-6-11-7-9-4-2-3-5-10(8)9;1-2/h2*5-12H,1-4H3;2-7H,1H3;1-2H3/b6-5?,14-9-,15-13+;6-5-,9-7-;;. The maximum absolute atomic E-state index is 4.11. The summed E-state index contributed by atoms with van der Waals surface area (Å²) in [6.07, 6.45) is 18.5. The Morgan fingerprint density at radius 1 is 0.721 bits per heavy atom. The maximum Gasteiger partial charge on any atom is 0.0346 e. The van der Waals surface area contributed by atoms with E-state index in [-0.39, 0.29) is 0 Å². The Hall–Kier alpha value is -3.97. The Balaban J connectivity index is 0.000000316. The van der Waals surface area contributed by atoms with Crippen molar-refractivity contribution < 1.29 is 0 Å². The van der Waals surface area contributed by atoms with Crippen LogP contribution in [0.15, 0.2) is 110 Å². The van der Waals surface area contributed by atoms with Crippen molar-refractivity contribution in [3.05, 3.63) is 142 Å². The number of hydrogen-bond acceptors (Lipinski definition) is 1. The molecule has 0 atom stereocenters. The Morgan fingerprint density at radius 2 is 1.37 bits per heavy atom. The molecule has 0 fully saturated rings. The SMILES string of the molecule is C/C=C\C=C/c1cccc(C(C)C)c1C.CC.CC=C/C=c1/cccc/c1=C(/C)C(C)C.Cc1cncc2ccccc12. The first-order chi connectivity index (χ1) is 20.7. The lowest BCUT2D eigenvalue weighted by Gasteiger charge is -2.11. The normalized spacial score (nSPS) is 12.3. The summed E-state index contributed by atoms with van der Waals surface area (Å²) in [6.45, 7) is 23.5. The van der Waals surface area contributed by atoms with Crippen molar-refractivity contribution >= 4 is 28.5 Å². The van der Waals surface area contributed by atoms with Gasteiger partial charge in [-0.05, 0) is 84.5 Å². The van der Waals surface area contributed by atoms with Crippen molar-refractivity contribution in [2.45, 2.75) is 82.1 Å². The second-order valence-corrected chi connectivity index (χ2v) is 10.9. The van der Waals surface area contributed by atoms with Crippen LogP contribution in [0.5, 0.6) is 0 Å². The second-order valence-electron chi connectivity index (χ2n) is 10.9. The molecule has 1 nitrogen and oxygen atoms in total. The van der Waals surface area contributed by atoms with Gasteiger partial charge in [0.25, 0.3) is 0 Å². The Bertz CT molecular complexity index is 1570. The van der Waals surface area contributed by atoms with Crippen molar-refractivity contribution in [3.63, 3.8) is 0 Å². The van der Waals surface area contributed by atoms with Gasteiger partial charge in [-0.15, -0.1) is 0 Å².